The number of carbonyl (C=O) groups excluding carboxylic acids is 2. The molecule has 1 atom stereocenters. The molecule has 2 amide bonds. The fourth-order valence-electron chi connectivity index (χ4n) is 5.39. The summed E-state index contributed by atoms with van der Waals surface area (Å²) in [7, 11) is 0. The summed E-state index contributed by atoms with van der Waals surface area (Å²) in [5.74, 6) is -2.90. The van der Waals surface area contributed by atoms with Crippen molar-refractivity contribution in [1.29, 1.82) is 0 Å². The minimum atomic E-state index is -4.80. The Morgan fingerprint density at radius 1 is 1.09 bits per heavy atom. The van der Waals surface area contributed by atoms with Crippen LogP contribution in [0.5, 0.6) is 0 Å². The molecule has 0 unspecified atom stereocenters. The maximum Gasteiger partial charge on any atom is 0.436 e. The highest BCUT2D eigenvalue weighted by Gasteiger charge is 2.35. The van der Waals surface area contributed by atoms with Gasteiger partial charge >= 0.3 is 6.18 Å². The molecule has 242 valence electrons. The lowest BCUT2D eigenvalue weighted by atomic mass is 10.0. The van der Waals surface area contributed by atoms with Gasteiger partial charge in [-0.1, -0.05) is 22.9 Å². The lowest BCUT2D eigenvalue weighted by Crippen LogP contribution is -2.40. The van der Waals surface area contributed by atoms with Crippen molar-refractivity contribution in [2.45, 2.75) is 25.1 Å². The van der Waals surface area contributed by atoms with Gasteiger partial charge in [-0.15, -0.1) is 5.10 Å². The largest absolute Gasteiger partial charge is 0.618 e. The Morgan fingerprint density at radius 3 is 2.49 bits per heavy atom. The summed E-state index contributed by atoms with van der Waals surface area (Å²) in [6.45, 7) is 0.474. The van der Waals surface area contributed by atoms with Crippen molar-refractivity contribution in [2.75, 3.05) is 13.1 Å². The van der Waals surface area contributed by atoms with Gasteiger partial charge in [0.05, 0.1) is 46.3 Å². The predicted octanol–water partition coefficient (Wildman–Crippen LogP) is 4.69. The number of amides is 2. The Labute approximate surface area is 267 Å². The van der Waals surface area contributed by atoms with Crippen molar-refractivity contribution < 1.29 is 36.3 Å². The molecule has 1 aliphatic rings. The molecule has 2 N–H and O–H groups in total. The fraction of sp³-hybridized carbons (Fsp3) is 0.200. The summed E-state index contributed by atoms with van der Waals surface area (Å²) in [6, 6.07) is 8.10. The number of rotatable bonds is 8. The van der Waals surface area contributed by atoms with Crippen molar-refractivity contribution in [1.82, 2.24) is 29.7 Å². The van der Waals surface area contributed by atoms with E-state index in [4.69, 9.17) is 17.3 Å². The molecule has 11 nitrogen and oxygen atoms in total. The number of hydrogen-bond donors (Lipinski definition) is 1. The highest BCUT2D eigenvalue weighted by atomic mass is 35.5. The third-order valence-electron chi connectivity index (χ3n) is 7.73. The Balaban J connectivity index is 1.41. The molecule has 17 heteroatoms. The lowest BCUT2D eigenvalue weighted by Gasteiger charge is -2.23. The van der Waals surface area contributed by atoms with E-state index in [-0.39, 0.29) is 45.5 Å². The maximum atomic E-state index is 15.5. The fourth-order valence-corrected chi connectivity index (χ4v) is 5.54. The van der Waals surface area contributed by atoms with E-state index in [2.05, 4.69) is 15.4 Å². The average Bonchev–Trinajstić information content (AvgIpc) is 3.79. The molecule has 1 aliphatic heterocycles. The van der Waals surface area contributed by atoms with Gasteiger partial charge in [0.2, 0.25) is 11.6 Å². The minimum Gasteiger partial charge on any atom is -0.618 e. The van der Waals surface area contributed by atoms with Gasteiger partial charge in [-0.05, 0) is 42.3 Å². The summed E-state index contributed by atoms with van der Waals surface area (Å²) in [4.78, 5) is 25.6. The molecule has 0 saturated carbocycles. The van der Waals surface area contributed by atoms with Gasteiger partial charge in [0.15, 0.2) is 23.7 Å². The monoisotopic (exact) mass is 672 g/mol. The number of pyridine rings is 1. The van der Waals surface area contributed by atoms with Crippen LogP contribution in [-0.4, -0.2) is 54.6 Å². The van der Waals surface area contributed by atoms with Gasteiger partial charge in [-0.3, -0.25) is 14.3 Å². The van der Waals surface area contributed by atoms with Crippen LogP contribution >= 0.6 is 11.6 Å². The van der Waals surface area contributed by atoms with Gasteiger partial charge in [0.1, 0.15) is 5.82 Å². The van der Waals surface area contributed by atoms with E-state index in [9.17, 15) is 32.4 Å². The number of aromatic nitrogens is 6. The molecule has 4 heterocycles. The second kappa shape index (κ2) is 12.1. The number of primary amides is 1. The van der Waals surface area contributed by atoms with Gasteiger partial charge < -0.3 is 15.8 Å². The Kier molecular flexibility index (Phi) is 8.13. The van der Waals surface area contributed by atoms with Crippen molar-refractivity contribution in [3.05, 3.63) is 106 Å². The van der Waals surface area contributed by atoms with E-state index in [0.29, 0.717) is 41.4 Å². The molecule has 0 radical (unpaired) electrons. The van der Waals surface area contributed by atoms with Crippen LogP contribution < -0.4 is 10.5 Å². The van der Waals surface area contributed by atoms with E-state index in [1.54, 1.807) is 4.90 Å². The smallest absolute Gasteiger partial charge is 0.436 e. The average molecular weight is 673 g/mol. The van der Waals surface area contributed by atoms with Crippen LogP contribution in [0.25, 0.3) is 27.9 Å². The molecule has 5 aromatic rings. The number of benzene rings is 2. The van der Waals surface area contributed by atoms with Crippen molar-refractivity contribution in [3.8, 4) is 27.9 Å². The predicted molar refractivity (Wildman–Crippen MR) is 156 cm³/mol. The number of nitrogens with zero attached hydrogens (tertiary/aromatic N) is 7. The zero-order valence-corrected chi connectivity index (χ0v) is 24.7. The van der Waals surface area contributed by atoms with E-state index < -0.39 is 35.5 Å². The molecule has 1 saturated heterocycles. The molecule has 0 bridgehead atoms. The first-order valence-corrected chi connectivity index (χ1v) is 14.3. The lowest BCUT2D eigenvalue weighted by molar-refractivity contribution is -0.615. The number of alkyl halides is 3. The first kappa shape index (κ1) is 31.6. The number of nitrogens with two attached hydrogens (primary N) is 1. The molecule has 0 spiro atoms. The third kappa shape index (κ3) is 6.10. The summed E-state index contributed by atoms with van der Waals surface area (Å²) in [6.07, 6.45) is 0.703. The van der Waals surface area contributed by atoms with Crippen molar-refractivity contribution in [2.24, 2.45) is 5.73 Å². The zero-order valence-electron chi connectivity index (χ0n) is 24.0. The Bertz CT molecular complexity index is 2030. The van der Waals surface area contributed by atoms with Crippen LogP contribution in [-0.2, 0) is 11.0 Å². The topological polar surface area (TPSA) is 139 Å². The molecule has 6 rings (SSSR count). The normalized spacial score (nSPS) is 14.2. The number of likely N-dealkylation sites (tertiary alicyclic amines) is 1. The quantitative estimate of drug-likeness (QED) is 0.144. The van der Waals surface area contributed by atoms with E-state index in [1.165, 1.54) is 47.4 Å². The van der Waals surface area contributed by atoms with E-state index in [0.717, 1.165) is 23.0 Å². The summed E-state index contributed by atoms with van der Waals surface area (Å²) < 4.78 is 72.2. The van der Waals surface area contributed by atoms with E-state index >= 15 is 4.39 Å². The number of hydrogen-bond acceptors (Lipinski definition) is 6. The molecule has 0 aliphatic carbocycles. The molecule has 47 heavy (non-hydrogen) atoms. The van der Waals surface area contributed by atoms with Gasteiger partial charge in [0, 0.05) is 30.8 Å². The standard InChI is InChI=1S/C30H22ClF5N8O3/c31-20-6-8-23(43-15-25(39-40-43)30(34,35)36)27(28(20)33)17-4-7-22(44(47)13-17)24(14-41-9-1-2-26(41)45)42-12-18(11-38-42)16-3-5-19(29(37)46)21(32)10-16/h3-8,10-13,15,24H,1-2,9,14H2,(H2,37,46)/t24-/m0/s1. The van der Waals surface area contributed by atoms with Gasteiger partial charge in [0.25, 0.3) is 5.91 Å². The second-order valence-corrected chi connectivity index (χ2v) is 11.1. The Morgan fingerprint density at radius 2 is 1.85 bits per heavy atom. The third-order valence-corrected chi connectivity index (χ3v) is 8.02. The van der Waals surface area contributed by atoms with Crippen LogP contribution in [0.3, 0.4) is 0 Å². The van der Waals surface area contributed by atoms with E-state index in [1.807, 2.05) is 0 Å². The number of carbonyl (C=O) groups is 2. The maximum absolute atomic E-state index is 15.5. The molecular weight excluding hydrogens is 651 g/mol. The summed E-state index contributed by atoms with van der Waals surface area (Å²) in [5.41, 5.74) is 3.99. The number of halogens is 6. The van der Waals surface area contributed by atoms with Crippen LogP contribution in [0.4, 0.5) is 22.0 Å². The molecule has 2 aromatic carbocycles. The molecule has 3 aromatic heterocycles. The van der Waals surface area contributed by atoms with Gasteiger partial charge in [-0.2, -0.15) is 23.0 Å². The highest BCUT2D eigenvalue weighted by molar-refractivity contribution is 6.31. The first-order chi connectivity index (χ1) is 22.3. The Hall–Kier alpha value is -5.38. The van der Waals surface area contributed by atoms with Crippen LogP contribution in [0.15, 0.2) is 67.3 Å². The van der Waals surface area contributed by atoms with Crippen molar-refractivity contribution in [3.63, 3.8) is 0 Å². The van der Waals surface area contributed by atoms with Gasteiger partial charge in [-0.25, -0.2) is 13.5 Å². The SMILES string of the molecule is NC(=O)c1ccc(-c2cnn([C@@H](CN3CCCC3=O)c3ccc(-c4c(-n5cc(C(F)(F)F)nn5)ccc(Cl)c4F)c[n+]3[O-])c2)cc1F. The minimum absolute atomic E-state index is 0.0342. The summed E-state index contributed by atoms with van der Waals surface area (Å²) >= 11 is 6.02. The van der Waals surface area contributed by atoms with Crippen LogP contribution in [0, 0.1) is 16.8 Å². The van der Waals surface area contributed by atoms with Crippen LogP contribution in [0.1, 0.15) is 40.6 Å². The molecular formula is C30H22ClF5N8O3. The van der Waals surface area contributed by atoms with Crippen LogP contribution in [0.2, 0.25) is 5.02 Å². The van der Waals surface area contributed by atoms with Crippen molar-refractivity contribution >= 4 is 23.4 Å². The summed E-state index contributed by atoms with van der Waals surface area (Å²) in [5, 5.41) is 24.2. The highest BCUT2D eigenvalue weighted by Crippen LogP contribution is 2.35. The second-order valence-electron chi connectivity index (χ2n) is 10.7. The first-order valence-electron chi connectivity index (χ1n) is 13.9. The molecule has 1 fully saturated rings. The zero-order chi connectivity index (χ0) is 33.6.